The van der Waals surface area contributed by atoms with Gasteiger partial charge in [-0.3, -0.25) is 9.69 Å². The highest BCUT2D eigenvalue weighted by Gasteiger charge is 2.43. The molecule has 2 aromatic carbocycles. The van der Waals surface area contributed by atoms with Gasteiger partial charge in [0.05, 0.1) is 36.4 Å². The maximum Gasteiger partial charge on any atom is 0.265 e. The molecule has 0 saturated carbocycles. The van der Waals surface area contributed by atoms with Crippen molar-refractivity contribution in [3.63, 3.8) is 0 Å². The zero-order chi connectivity index (χ0) is 18.8. The minimum atomic E-state index is -0.0591. The van der Waals surface area contributed by atoms with E-state index in [4.69, 9.17) is 27.9 Å². The van der Waals surface area contributed by atoms with Crippen LogP contribution < -0.4 is 26.9 Å². The van der Waals surface area contributed by atoms with Gasteiger partial charge in [0.25, 0.3) is 5.91 Å². The molecule has 0 spiro atoms. The lowest BCUT2D eigenvalue weighted by Gasteiger charge is -2.46. The number of carbonyl (C=O) groups is 1. The number of amides is 1. The molecule has 3 aliphatic rings. The highest BCUT2D eigenvalue weighted by Crippen LogP contribution is 2.32. The molecular weight excluding hydrogens is 419 g/mol. The molecule has 1 N–H and O–H groups in total. The number of nitrogens with zero attached hydrogens (tertiary/aromatic N) is 1. The monoisotopic (exact) mass is 440 g/mol. The number of para-hydroxylation sites is 1. The van der Waals surface area contributed by atoms with E-state index < -0.39 is 0 Å². The lowest BCUT2D eigenvalue weighted by Crippen LogP contribution is -3.17. The van der Waals surface area contributed by atoms with Crippen LogP contribution in [0.15, 0.2) is 48.5 Å². The number of halogens is 3. The number of quaternary nitrogens is 1. The van der Waals surface area contributed by atoms with E-state index in [2.05, 4.69) is 0 Å². The van der Waals surface area contributed by atoms with Gasteiger partial charge in [0.15, 0.2) is 6.61 Å². The first-order chi connectivity index (χ1) is 13.1. The first-order valence-corrected chi connectivity index (χ1v) is 10.2. The van der Waals surface area contributed by atoms with Gasteiger partial charge in [-0.1, -0.05) is 35.3 Å². The smallest absolute Gasteiger partial charge is 0.265 e. The molecule has 2 bridgehead atoms. The Balaban J connectivity index is 0.00000225. The van der Waals surface area contributed by atoms with Crippen LogP contribution in [0.4, 0.5) is 5.69 Å². The van der Waals surface area contributed by atoms with Crippen LogP contribution in [0.25, 0.3) is 0 Å². The number of piperidine rings is 3. The van der Waals surface area contributed by atoms with Crippen LogP contribution in [0.5, 0.6) is 5.75 Å². The van der Waals surface area contributed by atoms with Gasteiger partial charge >= 0.3 is 0 Å². The number of anilines is 1. The van der Waals surface area contributed by atoms with E-state index in [0.29, 0.717) is 21.7 Å². The molecule has 0 radical (unpaired) electrons. The molecule has 0 aromatic heterocycles. The number of benzene rings is 2. The summed E-state index contributed by atoms with van der Waals surface area (Å²) in [5, 5.41) is 1.24. The average molecular weight is 442 g/mol. The van der Waals surface area contributed by atoms with Gasteiger partial charge in [0, 0.05) is 17.9 Å². The number of fused-ring (bicyclic) bond motifs is 3. The first kappa shape index (κ1) is 21.3. The number of hydrogen-bond donors (Lipinski definition) is 1. The summed E-state index contributed by atoms with van der Waals surface area (Å²) < 4.78 is 5.74. The largest absolute Gasteiger partial charge is 1.00 e. The van der Waals surface area contributed by atoms with Crippen molar-refractivity contribution in [2.24, 2.45) is 5.92 Å². The van der Waals surface area contributed by atoms with Gasteiger partial charge < -0.3 is 22.0 Å². The summed E-state index contributed by atoms with van der Waals surface area (Å²) in [6, 6.07) is 14.8. The minimum Gasteiger partial charge on any atom is -1.00 e. The minimum absolute atomic E-state index is 0. The Morgan fingerprint density at radius 1 is 1.07 bits per heavy atom. The number of rotatable bonds is 5. The van der Waals surface area contributed by atoms with Crippen LogP contribution >= 0.6 is 23.2 Å². The second kappa shape index (κ2) is 9.36. The Labute approximate surface area is 181 Å². The van der Waals surface area contributed by atoms with Gasteiger partial charge in [-0.15, -0.1) is 0 Å². The van der Waals surface area contributed by atoms with E-state index in [0.717, 1.165) is 25.1 Å². The van der Waals surface area contributed by atoms with Crippen LogP contribution in [0.1, 0.15) is 12.8 Å². The maximum absolute atomic E-state index is 13.2. The van der Waals surface area contributed by atoms with Crippen molar-refractivity contribution in [3.05, 3.63) is 58.6 Å². The highest BCUT2D eigenvalue weighted by atomic mass is 35.5. The van der Waals surface area contributed by atoms with Crippen molar-refractivity contribution in [2.45, 2.75) is 18.9 Å². The molecule has 3 aliphatic heterocycles. The van der Waals surface area contributed by atoms with Crippen molar-refractivity contribution in [3.8, 4) is 5.75 Å². The second-order valence-corrected chi connectivity index (χ2v) is 8.16. The van der Waals surface area contributed by atoms with Crippen molar-refractivity contribution in [1.82, 2.24) is 0 Å². The van der Waals surface area contributed by atoms with Gasteiger partial charge in [-0.2, -0.15) is 0 Å². The van der Waals surface area contributed by atoms with Gasteiger partial charge in [0.1, 0.15) is 5.75 Å². The van der Waals surface area contributed by atoms with E-state index >= 15 is 0 Å². The van der Waals surface area contributed by atoms with E-state index in [1.807, 2.05) is 29.2 Å². The number of nitrogens with one attached hydrogen (secondary N) is 1. The topological polar surface area (TPSA) is 34.0 Å². The summed E-state index contributed by atoms with van der Waals surface area (Å²) >= 11 is 12.4. The molecule has 3 fully saturated rings. The Morgan fingerprint density at radius 2 is 1.75 bits per heavy atom. The summed E-state index contributed by atoms with van der Waals surface area (Å²) in [5.41, 5.74) is 0.780. The van der Waals surface area contributed by atoms with Crippen molar-refractivity contribution >= 4 is 34.8 Å². The molecule has 4 nitrogen and oxygen atoms in total. The molecule has 1 unspecified atom stereocenters. The third kappa shape index (κ3) is 4.57. The molecule has 3 heterocycles. The molecule has 2 aromatic rings. The molecule has 28 heavy (non-hydrogen) atoms. The fraction of sp³-hybridized carbons (Fsp3) is 0.381. The average Bonchev–Trinajstić information content (AvgIpc) is 2.70. The summed E-state index contributed by atoms with van der Waals surface area (Å²) in [4.78, 5) is 16.7. The molecule has 3 saturated heterocycles. The zero-order valence-electron chi connectivity index (χ0n) is 15.4. The Hall–Kier alpha value is -1.46. The lowest BCUT2D eigenvalue weighted by atomic mass is 9.83. The van der Waals surface area contributed by atoms with Crippen LogP contribution in [0, 0.1) is 5.92 Å². The van der Waals surface area contributed by atoms with Gasteiger partial charge in [-0.05, 0) is 42.3 Å². The fourth-order valence-electron chi connectivity index (χ4n) is 4.29. The van der Waals surface area contributed by atoms with E-state index in [-0.39, 0.29) is 31.0 Å². The fourth-order valence-corrected chi connectivity index (χ4v) is 4.65. The van der Waals surface area contributed by atoms with E-state index in [1.165, 1.54) is 13.1 Å². The van der Waals surface area contributed by atoms with E-state index in [9.17, 15) is 4.79 Å². The van der Waals surface area contributed by atoms with E-state index in [1.54, 1.807) is 29.2 Å². The molecule has 7 heteroatoms. The van der Waals surface area contributed by atoms with Crippen LogP contribution in [0.2, 0.25) is 10.0 Å². The van der Waals surface area contributed by atoms with Crippen LogP contribution in [-0.4, -0.2) is 38.2 Å². The van der Waals surface area contributed by atoms with Crippen molar-refractivity contribution in [2.75, 3.05) is 31.1 Å². The second-order valence-electron chi connectivity index (χ2n) is 7.32. The zero-order valence-corrected chi connectivity index (χ0v) is 17.7. The molecular formula is C21H23Cl3N2O2. The Bertz CT molecular complexity index is 808. The maximum atomic E-state index is 13.2. The standard InChI is InChI=1S/C21H22Cl2N2O2.ClH/c22-16-5-7-17(8-6-16)27-14-21(26)25(19-4-2-1-3-18(19)23)20-13-24-11-9-15(20)10-12-24;/h1-8,15,20H,9-14H2;1H. The van der Waals surface area contributed by atoms with Crippen molar-refractivity contribution in [1.29, 1.82) is 0 Å². The summed E-state index contributed by atoms with van der Waals surface area (Å²) in [5.74, 6) is 1.10. The summed E-state index contributed by atoms with van der Waals surface area (Å²) in [7, 11) is 0. The number of carbonyl (C=O) groups excluding carboxylic acids is 1. The quantitative estimate of drug-likeness (QED) is 0.713. The SMILES string of the molecule is O=C(COc1ccc(Cl)cc1)N(c1ccccc1Cl)C1C[NH+]2CCC1CC2.[Cl-]. The normalized spacial score (nSPS) is 23.0. The third-order valence-electron chi connectivity index (χ3n) is 5.67. The number of ether oxygens (including phenoxy) is 1. The van der Waals surface area contributed by atoms with Gasteiger partial charge in [0.2, 0.25) is 0 Å². The predicted octanol–water partition coefficient (Wildman–Crippen LogP) is 0.0865. The van der Waals surface area contributed by atoms with Crippen LogP contribution in [0.3, 0.4) is 0 Å². The summed E-state index contributed by atoms with van der Waals surface area (Å²) in [6.07, 6.45) is 2.32. The highest BCUT2D eigenvalue weighted by molar-refractivity contribution is 6.33. The van der Waals surface area contributed by atoms with Gasteiger partial charge in [-0.25, -0.2) is 0 Å². The third-order valence-corrected chi connectivity index (χ3v) is 6.24. The van der Waals surface area contributed by atoms with Crippen molar-refractivity contribution < 1.29 is 26.8 Å². The molecule has 5 rings (SSSR count). The lowest BCUT2D eigenvalue weighted by molar-refractivity contribution is -0.917. The van der Waals surface area contributed by atoms with Crippen LogP contribution in [-0.2, 0) is 4.79 Å². The molecule has 1 atom stereocenters. The predicted molar refractivity (Wildman–Crippen MR) is 108 cm³/mol. The molecule has 150 valence electrons. The molecule has 0 aliphatic carbocycles. The Kier molecular flexibility index (Phi) is 7.10. The molecule has 1 amide bonds. The summed E-state index contributed by atoms with van der Waals surface area (Å²) in [6.45, 7) is 3.36. The first-order valence-electron chi connectivity index (χ1n) is 9.40. The number of hydrogen-bond acceptors (Lipinski definition) is 2. The Morgan fingerprint density at radius 3 is 2.36 bits per heavy atom.